The second-order valence-corrected chi connectivity index (χ2v) is 6.51. The molecule has 0 aromatic heterocycles. The van der Waals surface area contributed by atoms with Gasteiger partial charge in [-0.2, -0.15) is 0 Å². The number of carbonyl (C=O) groups is 1. The summed E-state index contributed by atoms with van der Waals surface area (Å²) in [5, 5.41) is 59.1. The van der Waals surface area contributed by atoms with Gasteiger partial charge in [0.25, 0.3) is 0 Å². The van der Waals surface area contributed by atoms with Crippen molar-refractivity contribution in [2.75, 3.05) is 0 Å². The highest BCUT2D eigenvalue weighted by atomic mass is 19.1. The maximum atomic E-state index is 14.1. The van der Waals surface area contributed by atoms with E-state index < -0.39 is 68.5 Å². The summed E-state index contributed by atoms with van der Waals surface area (Å²) in [5.74, 6) is -10.8. The van der Waals surface area contributed by atoms with Crippen molar-refractivity contribution < 1.29 is 48.6 Å². The van der Waals surface area contributed by atoms with Gasteiger partial charge in [0.15, 0.2) is 28.9 Å². The lowest BCUT2D eigenvalue weighted by molar-refractivity contribution is 0.0693. The van der Waals surface area contributed by atoms with Crippen LogP contribution >= 0.6 is 0 Å². The van der Waals surface area contributed by atoms with Crippen molar-refractivity contribution in [1.29, 1.82) is 0 Å². The van der Waals surface area contributed by atoms with E-state index in [2.05, 4.69) is 0 Å². The summed E-state index contributed by atoms with van der Waals surface area (Å²) in [6.45, 7) is 0. The van der Waals surface area contributed by atoms with Gasteiger partial charge < -0.3 is 35.1 Å². The molecule has 0 amide bonds. The summed E-state index contributed by atoms with van der Waals surface area (Å²) < 4.78 is 33.6. The van der Waals surface area contributed by atoms with E-state index in [1.807, 2.05) is 0 Å². The molecule has 2 aromatic carbocycles. The fourth-order valence-corrected chi connectivity index (χ4v) is 3.32. The summed E-state index contributed by atoms with van der Waals surface area (Å²) in [6, 6.07) is 2.80. The first kappa shape index (κ1) is 19.8. The first-order valence-electron chi connectivity index (χ1n) is 8.35. The Morgan fingerprint density at radius 2 is 1.45 bits per heavy atom. The highest BCUT2D eigenvalue weighted by Gasteiger charge is 2.32. The van der Waals surface area contributed by atoms with Crippen LogP contribution in [0.4, 0.5) is 8.78 Å². The van der Waals surface area contributed by atoms with Crippen molar-refractivity contribution in [3.05, 3.63) is 51.7 Å². The first-order valence-corrected chi connectivity index (χ1v) is 8.35. The van der Waals surface area contributed by atoms with Crippen molar-refractivity contribution >= 4 is 16.9 Å². The zero-order valence-electron chi connectivity index (χ0n) is 15.0. The Morgan fingerprint density at radius 1 is 0.806 bits per heavy atom. The van der Waals surface area contributed by atoms with E-state index in [-0.39, 0.29) is 22.3 Å². The normalized spacial score (nSPS) is 11.3. The molecule has 1 aliphatic carbocycles. The number of rotatable bonds is 2. The number of carboxylic acids is 1. The number of hydrogen-bond donors (Lipinski definition) is 6. The minimum absolute atomic E-state index is 0.310. The van der Waals surface area contributed by atoms with Crippen LogP contribution in [0.3, 0.4) is 0 Å². The third-order valence-corrected chi connectivity index (χ3v) is 4.70. The Hall–Kier alpha value is -4.54. The third kappa shape index (κ3) is 2.74. The zero-order chi connectivity index (χ0) is 22.8. The van der Waals surface area contributed by atoms with Gasteiger partial charge in [0.2, 0.25) is 16.9 Å². The molecule has 0 bridgehead atoms. The number of aromatic carboxylic acids is 1. The molecule has 0 fully saturated rings. The molecule has 1 aliphatic heterocycles. The molecular formula is C20H10F2O9. The maximum Gasteiger partial charge on any atom is 0.340 e. The van der Waals surface area contributed by atoms with Gasteiger partial charge in [-0.1, -0.05) is 0 Å². The molecule has 2 aromatic rings. The summed E-state index contributed by atoms with van der Waals surface area (Å²) >= 11 is 0. The predicted molar refractivity (Wildman–Crippen MR) is 99.7 cm³/mol. The van der Waals surface area contributed by atoms with Crippen LogP contribution in [0.5, 0.6) is 28.7 Å². The lowest BCUT2D eigenvalue weighted by Crippen LogP contribution is -2.08. The lowest BCUT2D eigenvalue weighted by Gasteiger charge is -2.19. The quantitative estimate of drug-likeness (QED) is 0.158. The average molecular weight is 432 g/mol. The van der Waals surface area contributed by atoms with Gasteiger partial charge in [-0.15, -0.1) is 0 Å². The largest absolute Gasteiger partial charge is 0.505 e. The summed E-state index contributed by atoms with van der Waals surface area (Å²) in [7, 11) is 0. The fraction of sp³-hybridized carbons (Fsp3) is 0. The minimum atomic E-state index is -1.87. The number of halogens is 2. The smallest absolute Gasteiger partial charge is 0.340 e. The van der Waals surface area contributed by atoms with Crippen LogP contribution in [0, 0.1) is 11.6 Å². The summed E-state index contributed by atoms with van der Waals surface area (Å²) in [5.41, 5.74) is -4.15. The van der Waals surface area contributed by atoms with Gasteiger partial charge in [-0.05, 0) is 12.1 Å². The molecule has 2 aliphatic rings. The van der Waals surface area contributed by atoms with Crippen molar-refractivity contribution in [3.63, 3.8) is 0 Å². The highest BCUT2D eigenvalue weighted by Crippen LogP contribution is 2.54. The Morgan fingerprint density at radius 3 is 2.10 bits per heavy atom. The van der Waals surface area contributed by atoms with Gasteiger partial charge in [0.1, 0.15) is 16.9 Å². The van der Waals surface area contributed by atoms with Crippen LogP contribution in [0.25, 0.3) is 33.4 Å². The van der Waals surface area contributed by atoms with Crippen LogP contribution in [-0.4, -0.2) is 36.6 Å². The second kappa shape index (κ2) is 6.49. The average Bonchev–Trinajstić information content (AvgIpc) is 2.70. The van der Waals surface area contributed by atoms with Crippen molar-refractivity contribution in [1.82, 2.24) is 0 Å². The van der Waals surface area contributed by atoms with Gasteiger partial charge in [-0.3, -0.25) is 4.79 Å². The van der Waals surface area contributed by atoms with Gasteiger partial charge in [-0.25, -0.2) is 13.6 Å². The van der Waals surface area contributed by atoms with Gasteiger partial charge >= 0.3 is 5.97 Å². The molecule has 4 rings (SSSR count). The Labute approximate surface area is 169 Å². The molecule has 11 heteroatoms. The van der Waals surface area contributed by atoms with Crippen LogP contribution < -0.4 is 5.43 Å². The Bertz CT molecular complexity index is 1460. The standard InChI is InChI=1S/C20H10F2O9/c21-7-1-5-11(3-9(7)23)31-12-4-10(24)8(22)2-6(12)13(5)14-15(20(29)30)17(26)19(28)18(27)16(14)25/h1-4,23,25-28H,(H,29,30). The molecule has 158 valence electrons. The number of phenolic OH excluding ortho intramolecular Hbond substituents is 4. The number of aromatic hydroxyl groups is 5. The lowest BCUT2D eigenvalue weighted by atomic mass is 9.89. The third-order valence-electron chi connectivity index (χ3n) is 4.70. The van der Waals surface area contributed by atoms with E-state index in [4.69, 9.17) is 4.42 Å². The SMILES string of the molecule is O=C(O)c1c(O)c(O)c(O)c(O)c1-c1c2cc(F)c(=O)cc-2oc2cc(O)c(F)cc12. The van der Waals surface area contributed by atoms with E-state index in [9.17, 15) is 49.0 Å². The molecule has 6 N–H and O–H groups in total. The van der Waals surface area contributed by atoms with Crippen molar-refractivity contribution in [3.8, 4) is 51.2 Å². The monoisotopic (exact) mass is 432 g/mol. The van der Waals surface area contributed by atoms with E-state index in [1.54, 1.807) is 0 Å². The predicted octanol–water partition coefficient (Wildman–Crippen LogP) is 3.07. The molecule has 0 unspecified atom stereocenters. The molecule has 0 saturated heterocycles. The van der Waals surface area contributed by atoms with Crippen LogP contribution in [0.1, 0.15) is 10.4 Å². The number of phenols is 5. The van der Waals surface area contributed by atoms with E-state index in [0.29, 0.717) is 18.2 Å². The van der Waals surface area contributed by atoms with E-state index in [0.717, 1.165) is 6.07 Å². The molecule has 9 nitrogen and oxygen atoms in total. The van der Waals surface area contributed by atoms with Crippen LogP contribution in [0.15, 0.2) is 33.5 Å². The van der Waals surface area contributed by atoms with Crippen LogP contribution in [-0.2, 0) is 0 Å². The number of carboxylic acid groups (broad SMARTS) is 1. The molecule has 31 heavy (non-hydrogen) atoms. The van der Waals surface area contributed by atoms with Crippen LogP contribution in [0.2, 0.25) is 0 Å². The van der Waals surface area contributed by atoms with Crippen molar-refractivity contribution in [2.45, 2.75) is 0 Å². The highest BCUT2D eigenvalue weighted by molar-refractivity contribution is 6.11. The molecule has 0 atom stereocenters. The summed E-state index contributed by atoms with van der Waals surface area (Å²) in [6.07, 6.45) is 0. The number of fused-ring (bicyclic) bond motifs is 2. The minimum Gasteiger partial charge on any atom is -0.505 e. The zero-order valence-corrected chi connectivity index (χ0v) is 15.0. The molecule has 0 saturated carbocycles. The molecule has 0 radical (unpaired) electrons. The van der Waals surface area contributed by atoms with Gasteiger partial charge in [0, 0.05) is 34.2 Å². The Kier molecular flexibility index (Phi) is 4.14. The molecule has 0 spiro atoms. The topological polar surface area (TPSA) is 169 Å². The first-order chi connectivity index (χ1) is 14.5. The fourth-order valence-electron chi connectivity index (χ4n) is 3.32. The summed E-state index contributed by atoms with van der Waals surface area (Å²) in [4.78, 5) is 23.6. The number of benzene rings is 3. The Balaban J connectivity index is 2.36. The molecule has 1 heterocycles. The van der Waals surface area contributed by atoms with Gasteiger partial charge in [0.05, 0.1) is 0 Å². The molecular weight excluding hydrogens is 422 g/mol. The van der Waals surface area contributed by atoms with Crippen molar-refractivity contribution in [2.24, 2.45) is 0 Å². The second-order valence-electron chi connectivity index (χ2n) is 6.51. The van der Waals surface area contributed by atoms with E-state index in [1.165, 1.54) is 0 Å². The van der Waals surface area contributed by atoms with E-state index >= 15 is 0 Å². The number of hydrogen-bond acceptors (Lipinski definition) is 8. The maximum absolute atomic E-state index is 14.1.